The zero-order valence-electron chi connectivity index (χ0n) is 13.4. The lowest BCUT2D eigenvalue weighted by atomic mass is 9.98. The normalized spacial score (nSPS) is 16.8. The average molecular weight is 395 g/mol. The molecule has 0 bridgehead atoms. The van der Waals surface area contributed by atoms with Crippen LogP contribution in [-0.4, -0.2) is 5.71 Å². The Morgan fingerprint density at radius 3 is 2.40 bits per heavy atom. The summed E-state index contributed by atoms with van der Waals surface area (Å²) >= 11 is 3.54. The SMILES string of the molecule is Fc1ccc(C2=NN(c3cccc(Br)c3)C(c3ccccc3)C2)cc1. The zero-order chi connectivity index (χ0) is 17.2. The van der Waals surface area contributed by atoms with Crippen molar-refractivity contribution in [2.75, 3.05) is 5.01 Å². The molecular formula is C21H16BrFN2. The third-order valence-corrected chi connectivity index (χ3v) is 4.84. The van der Waals surface area contributed by atoms with Crippen LogP contribution in [0.1, 0.15) is 23.6 Å². The number of hydrazone groups is 1. The first kappa shape index (κ1) is 16.0. The van der Waals surface area contributed by atoms with Gasteiger partial charge in [0.05, 0.1) is 17.4 Å². The van der Waals surface area contributed by atoms with Crippen LogP contribution < -0.4 is 5.01 Å². The quantitative estimate of drug-likeness (QED) is 0.536. The van der Waals surface area contributed by atoms with Crippen molar-refractivity contribution in [3.05, 3.63) is 100 Å². The van der Waals surface area contributed by atoms with Crippen LogP contribution in [0.3, 0.4) is 0 Å². The van der Waals surface area contributed by atoms with Gasteiger partial charge in [-0.3, -0.25) is 5.01 Å². The number of halogens is 2. The predicted octanol–water partition coefficient (Wildman–Crippen LogP) is 5.94. The van der Waals surface area contributed by atoms with Crippen molar-refractivity contribution in [3.8, 4) is 0 Å². The third kappa shape index (κ3) is 3.35. The summed E-state index contributed by atoms with van der Waals surface area (Å²) in [5.74, 6) is -0.231. The molecule has 3 aromatic carbocycles. The maximum absolute atomic E-state index is 13.2. The standard InChI is InChI=1S/C21H16BrFN2/c22-17-7-4-8-19(13-17)25-21(16-5-2-1-3-6-16)14-20(24-25)15-9-11-18(23)12-10-15/h1-13,21H,14H2. The number of rotatable bonds is 3. The third-order valence-electron chi connectivity index (χ3n) is 4.34. The summed E-state index contributed by atoms with van der Waals surface area (Å²) < 4.78 is 14.3. The molecule has 1 heterocycles. The van der Waals surface area contributed by atoms with Gasteiger partial charge < -0.3 is 0 Å². The van der Waals surface area contributed by atoms with E-state index in [2.05, 4.69) is 45.2 Å². The fourth-order valence-corrected chi connectivity index (χ4v) is 3.51. The summed E-state index contributed by atoms with van der Waals surface area (Å²) in [6.45, 7) is 0. The fourth-order valence-electron chi connectivity index (χ4n) is 3.12. The van der Waals surface area contributed by atoms with Crippen LogP contribution >= 0.6 is 15.9 Å². The molecule has 0 aliphatic carbocycles. The van der Waals surface area contributed by atoms with E-state index in [0.717, 1.165) is 27.9 Å². The molecule has 1 aliphatic rings. The Hall–Kier alpha value is -2.46. The summed E-state index contributed by atoms with van der Waals surface area (Å²) in [5.41, 5.74) is 4.16. The Labute approximate surface area is 154 Å². The van der Waals surface area contributed by atoms with E-state index in [9.17, 15) is 4.39 Å². The molecule has 0 fully saturated rings. The van der Waals surface area contributed by atoms with Crippen LogP contribution in [0, 0.1) is 5.82 Å². The first-order valence-corrected chi connectivity index (χ1v) is 8.93. The Morgan fingerprint density at radius 1 is 0.920 bits per heavy atom. The summed E-state index contributed by atoms with van der Waals surface area (Å²) in [6, 6.07) is 25.2. The molecule has 0 aromatic heterocycles. The van der Waals surface area contributed by atoms with Gasteiger partial charge in [-0.2, -0.15) is 5.10 Å². The van der Waals surface area contributed by atoms with Gasteiger partial charge in [-0.05, 0) is 41.5 Å². The molecule has 4 heteroatoms. The van der Waals surface area contributed by atoms with Gasteiger partial charge in [-0.25, -0.2) is 4.39 Å². The lowest BCUT2D eigenvalue weighted by Gasteiger charge is -2.24. The highest BCUT2D eigenvalue weighted by molar-refractivity contribution is 9.10. The zero-order valence-corrected chi connectivity index (χ0v) is 15.0. The second-order valence-corrected chi connectivity index (χ2v) is 6.92. The Morgan fingerprint density at radius 2 is 1.68 bits per heavy atom. The van der Waals surface area contributed by atoms with E-state index in [1.807, 2.05) is 30.3 Å². The van der Waals surface area contributed by atoms with E-state index >= 15 is 0 Å². The van der Waals surface area contributed by atoms with E-state index in [-0.39, 0.29) is 11.9 Å². The average Bonchev–Trinajstić information content (AvgIpc) is 3.08. The lowest BCUT2D eigenvalue weighted by Crippen LogP contribution is -2.18. The van der Waals surface area contributed by atoms with Crippen molar-refractivity contribution in [3.63, 3.8) is 0 Å². The highest BCUT2D eigenvalue weighted by atomic mass is 79.9. The maximum atomic E-state index is 13.2. The molecule has 0 radical (unpaired) electrons. The van der Waals surface area contributed by atoms with Crippen LogP contribution in [0.5, 0.6) is 0 Å². The number of hydrogen-bond donors (Lipinski definition) is 0. The maximum Gasteiger partial charge on any atom is 0.123 e. The van der Waals surface area contributed by atoms with Gasteiger partial charge in [0.25, 0.3) is 0 Å². The van der Waals surface area contributed by atoms with Gasteiger partial charge in [0, 0.05) is 10.9 Å². The number of hydrogen-bond acceptors (Lipinski definition) is 2. The molecule has 1 atom stereocenters. The Kier molecular flexibility index (Phi) is 4.36. The minimum atomic E-state index is -0.231. The molecule has 25 heavy (non-hydrogen) atoms. The fraction of sp³-hybridized carbons (Fsp3) is 0.0952. The minimum Gasteiger partial charge on any atom is -0.257 e. The van der Waals surface area contributed by atoms with E-state index in [1.54, 1.807) is 12.1 Å². The molecule has 0 saturated heterocycles. The Balaban J connectivity index is 1.76. The number of anilines is 1. The van der Waals surface area contributed by atoms with Crippen molar-refractivity contribution in [2.45, 2.75) is 12.5 Å². The molecule has 0 saturated carbocycles. The van der Waals surface area contributed by atoms with Gasteiger partial charge >= 0.3 is 0 Å². The highest BCUT2D eigenvalue weighted by Crippen LogP contribution is 2.37. The molecule has 0 spiro atoms. The highest BCUT2D eigenvalue weighted by Gasteiger charge is 2.29. The molecule has 0 N–H and O–H groups in total. The van der Waals surface area contributed by atoms with Gasteiger partial charge in [-0.1, -0.05) is 64.5 Å². The minimum absolute atomic E-state index is 0.121. The van der Waals surface area contributed by atoms with Crippen LogP contribution in [0.25, 0.3) is 0 Å². The van der Waals surface area contributed by atoms with Gasteiger partial charge in [0.2, 0.25) is 0 Å². The van der Waals surface area contributed by atoms with E-state index in [1.165, 1.54) is 17.7 Å². The van der Waals surface area contributed by atoms with Crippen molar-refractivity contribution in [2.24, 2.45) is 5.10 Å². The van der Waals surface area contributed by atoms with E-state index < -0.39 is 0 Å². The van der Waals surface area contributed by atoms with Crippen LogP contribution in [0.2, 0.25) is 0 Å². The summed E-state index contributed by atoms with van der Waals surface area (Å²) in [5, 5.41) is 6.92. The van der Waals surface area contributed by atoms with Crippen molar-refractivity contribution in [1.82, 2.24) is 0 Å². The topological polar surface area (TPSA) is 15.6 Å². The predicted molar refractivity (Wildman–Crippen MR) is 103 cm³/mol. The molecule has 1 aliphatic heterocycles. The Bertz CT molecular complexity index is 907. The van der Waals surface area contributed by atoms with Crippen LogP contribution in [-0.2, 0) is 0 Å². The smallest absolute Gasteiger partial charge is 0.123 e. The molecule has 3 aromatic rings. The second-order valence-electron chi connectivity index (χ2n) is 6.01. The van der Waals surface area contributed by atoms with E-state index in [0.29, 0.717) is 0 Å². The lowest BCUT2D eigenvalue weighted by molar-refractivity contribution is 0.627. The molecule has 4 rings (SSSR count). The first-order valence-electron chi connectivity index (χ1n) is 8.14. The van der Waals surface area contributed by atoms with Crippen molar-refractivity contribution in [1.29, 1.82) is 0 Å². The van der Waals surface area contributed by atoms with E-state index in [4.69, 9.17) is 5.10 Å². The van der Waals surface area contributed by atoms with Crippen LogP contribution in [0.15, 0.2) is 88.4 Å². The molecular weight excluding hydrogens is 379 g/mol. The largest absolute Gasteiger partial charge is 0.257 e. The number of benzene rings is 3. The van der Waals surface area contributed by atoms with Gasteiger partial charge in [-0.15, -0.1) is 0 Å². The molecule has 1 unspecified atom stereocenters. The molecule has 0 amide bonds. The van der Waals surface area contributed by atoms with Crippen molar-refractivity contribution >= 4 is 27.3 Å². The first-order chi connectivity index (χ1) is 12.2. The second kappa shape index (κ2) is 6.81. The molecule has 2 nitrogen and oxygen atoms in total. The van der Waals surface area contributed by atoms with Crippen molar-refractivity contribution < 1.29 is 4.39 Å². The summed E-state index contributed by atoms with van der Waals surface area (Å²) in [6.07, 6.45) is 0.780. The molecule has 124 valence electrons. The van der Waals surface area contributed by atoms with Gasteiger partial charge in [0.1, 0.15) is 5.82 Å². The van der Waals surface area contributed by atoms with Gasteiger partial charge in [0.15, 0.2) is 0 Å². The number of nitrogens with zero attached hydrogens (tertiary/aromatic N) is 2. The summed E-state index contributed by atoms with van der Waals surface area (Å²) in [4.78, 5) is 0. The van der Waals surface area contributed by atoms with Crippen LogP contribution in [0.4, 0.5) is 10.1 Å². The summed E-state index contributed by atoms with van der Waals surface area (Å²) in [7, 11) is 0. The monoisotopic (exact) mass is 394 g/mol.